The van der Waals surface area contributed by atoms with Gasteiger partial charge in [0.2, 0.25) is 0 Å². The minimum absolute atomic E-state index is 0.139. The molecular weight excluding hydrogens is 262 g/mol. The standard InChI is InChI=1S/C13H15N3O2S/c1-8-3-10(4-11(12(8)14)13(17)18)16(2)5-9-6-19-7-15-9/h3-4,6-7H,5,14H2,1-2H3,(H,17,18). The first-order chi connectivity index (χ1) is 8.99. The highest BCUT2D eigenvalue weighted by Crippen LogP contribution is 2.25. The van der Waals surface area contributed by atoms with Crippen LogP contribution in [0.4, 0.5) is 11.4 Å². The van der Waals surface area contributed by atoms with Gasteiger partial charge >= 0.3 is 5.97 Å². The SMILES string of the molecule is Cc1cc(N(C)Cc2cscn2)cc(C(=O)O)c1N. The smallest absolute Gasteiger partial charge is 0.337 e. The van der Waals surface area contributed by atoms with Gasteiger partial charge in [-0.25, -0.2) is 9.78 Å². The summed E-state index contributed by atoms with van der Waals surface area (Å²) < 4.78 is 0. The number of nitrogens with zero attached hydrogens (tertiary/aromatic N) is 2. The molecule has 1 heterocycles. The lowest BCUT2D eigenvalue weighted by atomic mass is 10.1. The molecule has 0 unspecified atom stereocenters. The van der Waals surface area contributed by atoms with E-state index in [1.807, 2.05) is 30.3 Å². The van der Waals surface area contributed by atoms with Gasteiger partial charge in [-0.1, -0.05) is 0 Å². The normalized spacial score (nSPS) is 10.4. The number of hydrogen-bond donors (Lipinski definition) is 2. The Kier molecular flexibility index (Phi) is 3.71. The number of nitrogen functional groups attached to an aromatic ring is 1. The van der Waals surface area contributed by atoms with Gasteiger partial charge in [-0.2, -0.15) is 0 Å². The van der Waals surface area contributed by atoms with Crippen LogP contribution in [0.3, 0.4) is 0 Å². The van der Waals surface area contributed by atoms with Gasteiger partial charge in [0, 0.05) is 23.8 Å². The lowest BCUT2D eigenvalue weighted by Crippen LogP contribution is -2.18. The van der Waals surface area contributed by atoms with Gasteiger partial charge in [0.15, 0.2) is 0 Å². The summed E-state index contributed by atoms with van der Waals surface area (Å²) >= 11 is 1.54. The number of aryl methyl sites for hydroxylation is 1. The van der Waals surface area contributed by atoms with E-state index in [9.17, 15) is 4.79 Å². The van der Waals surface area contributed by atoms with Crippen LogP contribution in [0.15, 0.2) is 23.0 Å². The predicted molar refractivity (Wildman–Crippen MR) is 76.8 cm³/mol. The van der Waals surface area contributed by atoms with E-state index in [-0.39, 0.29) is 5.56 Å². The highest BCUT2D eigenvalue weighted by atomic mass is 32.1. The van der Waals surface area contributed by atoms with Crippen LogP contribution >= 0.6 is 11.3 Å². The van der Waals surface area contributed by atoms with Crippen molar-refractivity contribution in [2.75, 3.05) is 17.7 Å². The van der Waals surface area contributed by atoms with E-state index in [1.54, 1.807) is 11.6 Å². The summed E-state index contributed by atoms with van der Waals surface area (Å²) in [7, 11) is 1.90. The Morgan fingerprint density at radius 2 is 2.26 bits per heavy atom. The first-order valence-corrected chi connectivity index (χ1v) is 6.65. The maximum Gasteiger partial charge on any atom is 0.337 e. The molecule has 0 amide bonds. The fraction of sp³-hybridized carbons (Fsp3) is 0.231. The third kappa shape index (κ3) is 2.85. The van der Waals surface area contributed by atoms with Crippen molar-refractivity contribution >= 4 is 28.7 Å². The second kappa shape index (κ2) is 5.27. The average molecular weight is 277 g/mol. The number of carboxylic acids is 1. The number of benzene rings is 1. The minimum atomic E-state index is -1.01. The molecule has 0 fully saturated rings. The number of anilines is 2. The number of aromatic carboxylic acids is 1. The molecule has 1 aromatic carbocycles. The summed E-state index contributed by atoms with van der Waals surface area (Å²) in [5, 5.41) is 11.1. The Morgan fingerprint density at radius 1 is 1.53 bits per heavy atom. The molecule has 0 aliphatic heterocycles. The molecule has 0 saturated carbocycles. The van der Waals surface area contributed by atoms with Crippen molar-refractivity contribution in [2.45, 2.75) is 13.5 Å². The maximum atomic E-state index is 11.2. The van der Waals surface area contributed by atoms with Gasteiger partial charge in [-0.3, -0.25) is 0 Å². The van der Waals surface area contributed by atoms with Crippen LogP contribution in [-0.4, -0.2) is 23.1 Å². The number of aromatic nitrogens is 1. The molecule has 6 heteroatoms. The van der Waals surface area contributed by atoms with Crippen molar-refractivity contribution in [1.82, 2.24) is 4.98 Å². The maximum absolute atomic E-state index is 11.2. The van der Waals surface area contributed by atoms with E-state index >= 15 is 0 Å². The molecule has 0 aliphatic carbocycles. The Hall–Kier alpha value is -2.08. The molecule has 0 spiro atoms. The van der Waals surface area contributed by atoms with Crippen molar-refractivity contribution in [3.63, 3.8) is 0 Å². The van der Waals surface area contributed by atoms with Crippen LogP contribution in [0, 0.1) is 6.92 Å². The van der Waals surface area contributed by atoms with Gasteiger partial charge in [0.25, 0.3) is 0 Å². The van der Waals surface area contributed by atoms with Gasteiger partial charge < -0.3 is 15.7 Å². The van der Waals surface area contributed by atoms with Crippen molar-refractivity contribution in [3.05, 3.63) is 39.8 Å². The van der Waals surface area contributed by atoms with Gasteiger partial charge in [-0.15, -0.1) is 11.3 Å². The highest BCUT2D eigenvalue weighted by Gasteiger charge is 2.14. The average Bonchev–Trinajstić information content (AvgIpc) is 2.84. The molecule has 0 aliphatic rings. The zero-order chi connectivity index (χ0) is 14.0. The molecule has 2 aromatic rings. The fourth-order valence-electron chi connectivity index (χ4n) is 1.83. The van der Waals surface area contributed by atoms with Crippen LogP contribution in [0.25, 0.3) is 0 Å². The first kappa shape index (κ1) is 13.4. The van der Waals surface area contributed by atoms with Crippen LogP contribution < -0.4 is 10.6 Å². The van der Waals surface area contributed by atoms with Gasteiger partial charge in [-0.05, 0) is 24.6 Å². The zero-order valence-electron chi connectivity index (χ0n) is 10.8. The molecule has 0 bridgehead atoms. The Balaban J connectivity index is 2.32. The molecular formula is C13H15N3O2S. The number of nitrogens with two attached hydrogens (primary N) is 1. The Morgan fingerprint density at radius 3 is 2.84 bits per heavy atom. The second-order valence-corrected chi connectivity index (χ2v) is 5.08. The Labute approximate surface area is 115 Å². The molecule has 0 saturated heterocycles. The lowest BCUT2D eigenvalue weighted by molar-refractivity contribution is 0.0698. The van der Waals surface area contributed by atoms with Crippen molar-refractivity contribution in [1.29, 1.82) is 0 Å². The molecule has 3 N–H and O–H groups in total. The molecule has 0 atom stereocenters. The van der Waals surface area contributed by atoms with E-state index in [0.29, 0.717) is 12.2 Å². The van der Waals surface area contributed by atoms with Crippen molar-refractivity contribution in [2.24, 2.45) is 0 Å². The van der Waals surface area contributed by atoms with Crippen LogP contribution in [0.1, 0.15) is 21.6 Å². The summed E-state index contributed by atoms with van der Waals surface area (Å²) in [6, 6.07) is 3.48. The number of hydrogen-bond acceptors (Lipinski definition) is 5. The van der Waals surface area contributed by atoms with E-state index in [4.69, 9.17) is 10.8 Å². The van der Waals surface area contributed by atoms with Crippen molar-refractivity contribution < 1.29 is 9.90 Å². The number of rotatable bonds is 4. The molecule has 19 heavy (non-hydrogen) atoms. The first-order valence-electron chi connectivity index (χ1n) is 5.70. The molecule has 100 valence electrons. The quantitative estimate of drug-likeness (QED) is 0.839. The van der Waals surface area contributed by atoms with Crippen LogP contribution in [0.5, 0.6) is 0 Å². The third-order valence-electron chi connectivity index (χ3n) is 2.93. The summed E-state index contributed by atoms with van der Waals surface area (Å²) in [6.45, 7) is 2.44. The largest absolute Gasteiger partial charge is 0.478 e. The topological polar surface area (TPSA) is 79.5 Å². The van der Waals surface area contributed by atoms with Gasteiger partial charge in [0.05, 0.1) is 23.3 Å². The highest BCUT2D eigenvalue weighted by molar-refractivity contribution is 7.07. The summed E-state index contributed by atoms with van der Waals surface area (Å²) in [5.41, 5.74) is 10.6. The number of thiazole rings is 1. The summed E-state index contributed by atoms with van der Waals surface area (Å²) in [5.74, 6) is -1.01. The number of carboxylic acid groups (broad SMARTS) is 1. The van der Waals surface area contributed by atoms with Crippen LogP contribution in [-0.2, 0) is 6.54 Å². The predicted octanol–water partition coefficient (Wildman–Crippen LogP) is 2.37. The molecule has 5 nitrogen and oxygen atoms in total. The molecule has 1 aromatic heterocycles. The fourth-order valence-corrected chi connectivity index (χ4v) is 2.38. The van der Waals surface area contributed by atoms with E-state index in [1.165, 1.54) is 11.3 Å². The molecule has 0 radical (unpaired) electrons. The Bertz CT molecular complexity index is 596. The summed E-state index contributed by atoms with van der Waals surface area (Å²) in [4.78, 5) is 17.3. The van der Waals surface area contributed by atoms with Crippen molar-refractivity contribution in [3.8, 4) is 0 Å². The van der Waals surface area contributed by atoms with E-state index in [0.717, 1.165) is 16.9 Å². The number of carbonyl (C=O) groups is 1. The van der Waals surface area contributed by atoms with E-state index in [2.05, 4.69) is 4.98 Å². The molecule has 2 rings (SSSR count). The minimum Gasteiger partial charge on any atom is -0.478 e. The third-order valence-corrected chi connectivity index (χ3v) is 3.56. The second-order valence-electron chi connectivity index (χ2n) is 4.36. The monoisotopic (exact) mass is 277 g/mol. The lowest BCUT2D eigenvalue weighted by Gasteiger charge is -2.20. The van der Waals surface area contributed by atoms with Gasteiger partial charge in [0.1, 0.15) is 0 Å². The van der Waals surface area contributed by atoms with Crippen LogP contribution in [0.2, 0.25) is 0 Å². The zero-order valence-corrected chi connectivity index (χ0v) is 11.6. The summed E-state index contributed by atoms with van der Waals surface area (Å²) in [6.07, 6.45) is 0. The van der Waals surface area contributed by atoms with E-state index < -0.39 is 5.97 Å².